The van der Waals surface area contributed by atoms with Crippen LogP contribution in [0, 0.1) is 37.7 Å². The molecule has 0 fully saturated rings. The number of non-ortho nitro benzene ring substituents is 1. The Morgan fingerprint density at radius 1 is 1.04 bits per heavy atom. The maximum Gasteiger partial charge on any atom is 0.278 e. The summed E-state index contributed by atoms with van der Waals surface area (Å²) >= 11 is 0. The van der Waals surface area contributed by atoms with E-state index >= 15 is 0 Å². The van der Waals surface area contributed by atoms with Crippen molar-refractivity contribution in [3.63, 3.8) is 0 Å². The van der Waals surface area contributed by atoms with Crippen LogP contribution in [-0.4, -0.2) is 24.5 Å². The fourth-order valence-electron chi connectivity index (χ4n) is 2.55. The lowest BCUT2D eigenvalue weighted by atomic mass is 10.0. The molecule has 0 radical (unpaired) electrons. The van der Waals surface area contributed by atoms with E-state index in [1.165, 1.54) is 0 Å². The Kier molecular flexibility index (Phi) is 4.79. The number of aromatic nitrogens is 2. The van der Waals surface area contributed by atoms with Crippen molar-refractivity contribution in [3.05, 3.63) is 91.8 Å². The fourth-order valence-corrected chi connectivity index (χ4v) is 2.55. The molecule has 1 unspecified atom stereocenters. The molecule has 3 aromatic rings. The van der Waals surface area contributed by atoms with E-state index in [4.69, 9.17) is 0 Å². The standard InChI is InChI=1S/C16H9F3N4O5/c17-9-2-4-13(23(27)28)14(15(9)19)16(24)11-6-21(7-20-11)12-3-1-8(22(25)26)5-10(12)18/h1-7,16,24H. The molecular weight excluding hydrogens is 385 g/mol. The SMILES string of the molecule is O=[N+]([O-])c1ccc(-n2cnc(C(O)c3c([N+](=O)[O-])ccc(F)c3F)c2)c(F)c1. The molecule has 1 heterocycles. The van der Waals surface area contributed by atoms with Gasteiger partial charge in [-0.1, -0.05) is 0 Å². The van der Waals surface area contributed by atoms with Gasteiger partial charge in [0.15, 0.2) is 17.5 Å². The zero-order valence-corrected chi connectivity index (χ0v) is 13.6. The molecule has 0 aliphatic rings. The predicted octanol–water partition coefficient (Wildman–Crippen LogP) is 3.19. The van der Waals surface area contributed by atoms with Gasteiger partial charge in [-0.05, 0) is 12.1 Å². The minimum atomic E-state index is -2.02. The first-order chi connectivity index (χ1) is 13.2. The molecule has 1 N–H and O–H groups in total. The maximum absolute atomic E-state index is 14.1. The monoisotopic (exact) mass is 394 g/mol. The first kappa shape index (κ1) is 19.0. The van der Waals surface area contributed by atoms with Gasteiger partial charge in [0.1, 0.15) is 11.7 Å². The van der Waals surface area contributed by atoms with Crippen molar-refractivity contribution in [1.29, 1.82) is 0 Å². The van der Waals surface area contributed by atoms with Gasteiger partial charge in [-0.15, -0.1) is 0 Å². The highest BCUT2D eigenvalue weighted by molar-refractivity contribution is 5.46. The first-order valence-electron chi connectivity index (χ1n) is 7.49. The van der Waals surface area contributed by atoms with Crippen LogP contribution in [0.2, 0.25) is 0 Å². The average molecular weight is 394 g/mol. The van der Waals surface area contributed by atoms with Crippen molar-refractivity contribution in [2.24, 2.45) is 0 Å². The minimum Gasteiger partial charge on any atom is -0.382 e. The second-order valence-corrected chi connectivity index (χ2v) is 5.55. The maximum atomic E-state index is 14.1. The largest absolute Gasteiger partial charge is 0.382 e. The number of halogens is 3. The van der Waals surface area contributed by atoms with E-state index in [2.05, 4.69) is 4.98 Å². The van der Waals surface area contributed by atoms with E-state index in [1.807, 2.05) is 0 Å². The lowest BCUT2D eigenvalue weighted by molar-refractivity contribution is -0.386. The van der Waals surface area contributed by atoms with Crippen molar-refractivity contribution in [3.8, 4) is 5.69 Å². The molecule has 0 saturated carbocycles. The van der Waals surface area contributed by atoms with E-state index in [0.717, 1.165) is 29.2 Å². The Hall–Kier alpha value is -3.80. The summed E-state index contributed by atoms with van der Waals surface area (Å²) in [5.41, 5.74) is -2.78. The summed E-state index contributed by atoms with van der Waals surface area (Å²) in [6.07, 6.45) is 0.0212. The summed E-state index contributed by atoms with van der Waals surface area (Å²) in [6.45, 7) is 0. The van der Waals surface area contributed by atoms with Crippen molar-refractivity contribution in [2.75, 3.05) is 0 Å². The summed E-state index contributed by atoms with van der Waals surface area (Å²) < 4.78 is 42.7. The highest BCUT2D eigenvalue weighted by Gasteiger charge is 2.30. The van der Waals surface area contributed by atoms with Crippen molar-refractivity contribution < 1.29 is 28.1 Å². The molecular formula is C16H9F3N4O5. The Morgan fingerprint density at radius 3 is 2.36 bits per heavy atom. The number of rotatable bonds is 5. The molecule has 0 bridgehead atoms. The van der Waals surface area contributed by atoms with Crippen molar-refractivity contribution >= 4 is 11.4 Å². The zero-order valence-electron chi connectivity index (χ0n) is 13.6. The van der Waals surface area contributed by atoms with Crippen LogP contribution in [0.3, 0.4) is 0 Å². The number of nitro groups is 2. The molecule has 0 saturated heterocycles. The first-order valence-corrected chi connectivity index (χ1v) is 7.49. The molecule has 2 aromatic carbocycles. The number of aliphatic hydroxyl groups is 1. The number of hydrogen-bond acceptors (Lipinski definition) is 6. The number of imidazole rings is 1. The van der Waals surface area contributed by atoms with Crippen molar-refractivity contribution in [1.82, 2.24) is 9.55 Å². The van der Waals surface area contributed by atoms with E-state index in [-0.39, 0.29) is 11.4 Å². The van der Waals surface area contributed by atoms with Crippen LogP contribution in [0.1, 0.15) is 17.4 Å². The summed E-state index contributed by atoms with van der Waals surface area (Å²) in [7, 11) is 0. The number of hydrogen-bond donors (Lipinski definition) is 1. The molecule has 0 aliphatic carbocycles. The molecule has 12 heteroatoms. The van der Waals surface area contributed by atoms with Gasteiger partial charge in [-0.3, -0.25) is 20.2 Å². The highest BCUT2D eigenvalue weighted by atomic mass is 19.2. The normalized spacial score (nSPS) is 12.0. The van der Waals surface area contributed by atoms with E-state index < -0.39 is 50.3 Å². The molecule has 144 valence electrons. The van der Waals surface area contributed by atoms with Gasteiger partial charge < -0.3 is 9.67 Å². The topological polar surface area (TPSA) is 124 Å². The van der Waals surface area contributed by atoms with Crippen LogP contribution in [0.15, 0.2) is 42.9 Å². The Bertz CT molecular complexity index is 1100. The fraction of sp³-hybridized carbons (Fsp3) is 0.0625. The summed E-state index contributed by atoms with van der Waals surface area (Å²) in [6, 6.07) is 4.03. The molecule has 1 atom stereocenters. The molecule has 9 nitrogen and oxygen atoms in total. The third kappa shape index (κ3) is 3.27. The smallest absolute Gasteiger partial charge is 0.278 e. The van der Waals surface area contributed by atoms with E-state index in [9.17, 15) is 38.5 Å². The second kappa shape index (κ2) is 7.08. The molecule has 1 aromatic heterocycles. The van der Waals surface area contributed by atoms with Gasteiger partial charge in [0.25, 0.3) is 11.4 Å². The van der Waals surface area contributed by atoms with Gasteiger partial charge in [-0.25, -0.2) is 18.2 Å². The lowest BCUT2D eigenvalue weighted by Gasteiger charge is -2.10. The van der Waals surface area contributed by atoms with Gasteiger partial charge in [0.05, 0.1) is 33.6 Å². The number of aliphatic hydroxyl groups excluding tert-OH is 1. The van der Waals surface area contributed by atoms with Crippen LogP contribution in [0.5, 0.6) is 0 Å². The molecule has 0 amide bonds. The quantitative estimate of drug-likeness (QED) is 0.523. The van der Waals surface area contributed by atoms with Crippen LogP contribution in [-0.2, 0) is 0 Å². The predicted molar refractivity (Wildman–Crippen MR) is 87.3 cm³/mol. The summed E-state index contributed by atoms with van der Waals surface area (Å²) in [5.74, 6) is -3.99. The average Bonchev–Trinajstić information content (AvgIpc) is 3.12. The van der Waals surface area contributed by atoms with E-state index in [1.54, 1.807) is 0 Å². The lowest BCUT2D eigenvalue weighted by Crippen LogP contribution is -2.09. The van der Waals surface area contributed by atoms with Crippen LogP contribution in [0.4, 0.5) is 24.5 Å². The third-order valence-corrected chi connectivity index (χ3v) is 3.88. The molecule has 3 rings (SSSR count). The van der Waals surface area contributed by atoms with E-state index in [0.29, 0.717) is 18.2 Å². The molecule has 0 spiro atoms. The van der Waals surface area contributed by atoms with Gasteiger partial charge in [0, 0.05) is 18.3 Å². The molecule has 0 aliphatic heterocycles. The molecule has 28 heavy (non-hydrogen) atoms. The Balaban J connectivity index is 2.03. The summed E-state index contributed by atoms with van der Waals surface area (Å²) in [5, 5.41) is 32.0. The second-order valence-electron chi connectivity index (χ2n) is 5.55. The number of nitrogens with zero attached hydrogens (tertiary/aromatic N) is 4. The summed E-state index contributed by atoms with van der Waals surface area (Å²) in [4.78, 5) is 23.7. The highest BCUT2D eigenvalue weighted by Crippen LogP contribution is 2.33. The van der Waals surface area contributed by atoms with Crippen LogP contribution >= 0.6 is 0 Å². The minimum absolute atomic E-state index is 0.175. The Labute approximate surface area is 153 Å². The third-order valence-electron chi connectivity index (χ3n) is 3.88. The van der Waals surface area contributed by atoms with Gasteiger partial charge in [-0.2, -0.15) is 0 Å². The Morgan fingerprint density at radius 2 is 1.75 bits per heavy atom. The number of nitro benzene ring substituents is 2. The van der Waals surface area contributed by atoms with Gasteiger partial charge >= 0.3 is 0 Å². The van der Waals surface area contributed by atoms with Gasteiger partial charge in [0.2, 0.25) is 0 Å². The van der Waals surface area contributed by atoms with Crippen LogP contribution in [0.25, 0.3) is 5.69 Å². The van der Waals surface area contributed by atoms with Crippen LogP contribution < -0.4 is 0 Å². The van der Waals surface area contributed by atoms with Crippen molar-refractivity contribution in [2.45, 2.75) is 6.10 Å². The number of benzene rings is 2. The zero-order chi connectivity index (χ0) is 20.6.